The Morgan fingerprint density at radius 3 is 2.28 bits per heavy atom. The van der Waals surface area contributed by atoms with Crippen molar-refractivity contribution in [3.05, 3.63) is 52.6 Å². The predicted octanol–water partition coefficient (Wildman–Crippen LogP) is -0.842. The monoisotopic (exact) mass is 521 g/mol. The van der Waals surface area contributed by atoms with Gasteiger partial charge in [0.1, 0.15) is 24.5 Å². The zero-order chi connectivity index (χ0) is 20.1. The van der Waals surface area contributed by atoms with E-state index in [0.29, 0.717) is 37.3 Å². The lowest BCUT2D eigenvalue weighted by molar-refractivity contribution is -0.917. The molecule has 1 aliphatic carbocycles. The molecule has 2 aromatic rings. The molecule has 0 spiro atoms. The van der Waals surface area contributed by atoms with Gasteiger partial charge < -0.3 is 37.8 Å². The molecule has 0 amide bonds. The summed E-state index contributed by atoms with van der Waals surface area (Å²) < 4.78 is 47.7. The highest BCUT2D eigenvalue weighted by Crippen LogP contribution is 2.34. The van der Waals surface area contributed by atoms with Gasteiger partial charge in [-0.1, -0.05) is 24.3 Å². The minimum Gasteiger partial charge on any atom is -1.00 e. The number of aromatic nitrogens is 2. The summed E-state index contributed by atoms with van der Waals surface area (Å²) in [5, 5.41) is 0. The zero-order valence-corrected chi connectivity index (χ0v) is 17.8. The van der Waals surface area contributed by atoms with Crippen LogP contribution < -0.4 is 24.0 Å². The Labute approximate surface area is 182 Å². The van der Waals surface area contributed by atoms with Gasteiger partial charge in [0.05, 0.1) is 33.4 Å². The summed E-state index contributed by atoms with van der Waals surface area (Å²) in [5.74, 6) is -2.45. The van der Waals surface area contributed by atoms with Crippen molar-refractivity contribution in [3.8, 4) is 0 Å². The third-order valence-corrected chi connectivity index (χ3v) is 5.48. The van der Waals surface area contributed by atoms with Crippen LogP contribution in [0.3, 0.4) is 0 Å². The van der Waals surface area contributed by atoms with Crippen LogP contribution in [-0.2, 0) is 17.5 Å². The Kier molecular flexibility index (Phi) is 5.89. The smallest absolute Gasteiger partial charge is 0.449 e. The Morgan fingerprint density at radius 2 is 1.69 bits per heavy atom. The number of benzene rings is 1. The normalized spacial score (nSPS) is 18.1. The number of alkyl halides is 3. The first-order chi connectivity index (χ1) is 13.2. The molecule has 0 bridgehead atoms. The van der Waals surface area contributed by atoms with Crippen LogP contribution in [0.2, 0.25) is 0 Å². The molecule has 156 valence electrons. The van der Waals surface area contributed by atoms with Gasteiger partial charge in [0.15, 0.2) is 0 Å². The van der Waals surface area contributed by atoms with Crippen LogP contribution in [-0.4, -0.2) is 65.5 Å². The number of morpholine rings is 1. The second kappa shape index (κ2) is 7.80. The number of hydrogen-bond acceptors (Lipinski definition) is 4. The van der Waals surface area contributed by atoms with Crippen molar-refractivity contribution in [2.75, 3.05) is 39.9 Å². The number of quaternary nitrogens is 1. The molecule has 1 saturated heterocycles. The van der Waals surface area contributed by atoms with E-state index >= 15 is 0 Å². The van der Waals surface area contributed by atoms with E-state index in [1.165, 1.54) is 12.1 Å². The lowest BCUT2D eigenvalue weighted by atomic mass is 9.90. The first-order valence-electron chi connectivity index (χ1n) is 8.99. The number of likely N-dealkylation sites (N-methyl/N-ethyl adjacent to an activating group) is 1. The van der Waals surface area contributed by atoms with Crippen molar-refractivity contribution < 1.29 is 56.0 Å². The Hall–Kier alpha value is -1.79. The summed E-state index contributed by atoms with van der Waals surface area (Å²) in [6.07, 6.45) is -4.77. The van der Waals surface area contributed by atoms with Crippen LogP contribution in [0, 0.1) is 0 Å². The minimum atomic E-state index is -4.77. The van der Waals surface area contributed by atoms with Crippen LogP contribution >= 0.6 is 0 Å². The fourth-order valence-electron chi connectivity index (χ4n) is 3.76. The number of carbonyl (C=O) groups excluding carboxylic acids is 2. The first kappa shape index (κ1) is 21.9. The SMILES string of the molecule is C[N+]1(CCn2c(C(F)(F)F)nc3c2C(=O)c2ccccc2C3=O)CCOCC1.[I-]. The molecule has 10 heteroatoms. The maximum absolute atomic E-state index is 13.6. The number of ether oxygens (including phenoxy) is 1. The second-order valence-corrected chi connectivity index (χ2v) is 7.39. The molecule has 2 heterocycles. The Bertz CT molecular complexity index is 965. The highest BCUT2D eigenvalue weighted by Gasteiger charge is 2.44. The molecule has 1 aromatic carbocycles. The maximum atomic E-state index is 13.6. The number of halogens is 4. The van der Waals surface area contributed by atoms with E-state index < -0.39 is 29.3 Å². The summed E-state index contributed by atoms with van der Waals surface area (Å²) >= 11 is 0. The quantitative estimate of drug-likeness (QED) is 0.334. The molecule has 0 unspecified atom stereocenters. The molecule has 1 aliphatic heterocycles. The average molecular weight is 521 g/mol. The molecule has 1 fully saturated rings. The Morgan fingerprint density at radius 1 is 1.10 bits per heavy atom. The van der Waals surface area contributed by atoms with Gasteiger partial charge >= 0.3 is 6.18 Å². The van der Waals surface area contributed by atoms with Crippen LogP contribution in [0.5, 0.6) is 0 Å². The number of carbonyl (C=O) groups is 2. The highest BCUT2D eigenvalue weighted by atomic mass is 127. The molecule has 6 nitrogen and oxygen atoms in total. The van der Waals surface area contributed by atoms with E-state index in [4.69, 9.17) is 4.74 Å². The van der Waals surface area contributed by atoms with Crippen molar-refractivity contribution in [2.24, 2.45) is 0 Å². The lowest BCUT2D eigenvalue weighted by Crippen LogP contribution is -3.00. The van der Waals surface area contributed by atoms with E-state index in [2.05, 4.69) is 4.98 Å². The first-order valence-corrected chi connectivity index (χ1v) is 8.99. The highest BCUT2D eigenvalue weighted by molar-refractivity contribution is 6.27. The topological polar surface area (TPSA) is 61.2 Å². The van der Waals surface area contributed by atoms with E-state index in [9.17, 15) is 22.8 Å². The molecular weight excluding hydrogens is 502 g/mol. The average Bonchev–Trinajstić information content (AvgIpc) is 3.06. The molecule has 0 radical (unpaired) electrons. The van der Waals surface area contributed by atoms with Gasteiger partial charge in [-0.3, -0.25) is 9.59 Å². The van der Waals surface area contributed by atoms with E-state index in [1.807, 2.05) is 7.05 Å². The maximum Gasteiger partial charge on any atom is 0.449 e. The molecule has 0 atom stereocenters. The van der Waals surface area contributed by atoms with Crippen molar-refractivity contribution >= 4 is 11.6 Å². The summed E-state index contributed by atoms with van der Waals surface area (Å²) in [6, 6.07) is 6.05. The third-order valence-electron chi connectivity index (χ3n) is 5.48. The Balaban J connectivity index is 0.00000240. The third kappa shape index (κ3) is 3.84. The van der Waals surface area contributed by atoms with Crippen LogP contribution in [0.1, 0.15) is 37.9 Å². The van der Waals surface area contributed by atoms with Crippen molar-refractivity contribution in [2.45, 2.75) is 12.7 Å². The molecule has 0 saturated carbocycles. The minimum absolute atomic E-state index is 0. The van der Waals surface area contributed by atoms with E-state index in [1.54, 1.807) is 12.1 Å². The molecule has 2 aliphatic rings. The fourth-order valence-corrected chi connectivity index (χ4v) is 3.76. The second-order valence-electron chi connectivity index (χ2n) is 7.39. The predicted molar refractivity (Wildman–Crippen MR) is 92.1 cm³/mol. The van der Waals surface area contributed by atoms with E-state index in [0.717, 1.165) is 4.57 Å². The number of ketones is 2. The lowest BCUT2D eigenvalue weighted by Gasteiger charge is -2.37. The van der Waals surface area contributed by atoms with Gasteiger partial charge in [-0.25, -0.2) is 4.98 Å². The fraction of sp³-hybridized carbons (Fsp3) is 0.421. The van der Waals surface area contributed by atoms with Crippen molar-refractivity contribution in [3.63, 3.8) is 0 Å². The zero-order valence-electron chi connectivity index (χ0n) is 15.6. The molecule has 0 N–H and O–H groups in total. The van der Waals surface area contributed by atoms with Gasteiger partial charge in [-0.05, 0) is 0 Å². The number of nitrogens with zero attached hydrogens (tertiary/aromatic N) is 3. The summed E-state index contributed by atoms with van der Waals surface area (Å²) in [5.41, 5.74) is -0.483. The van der Waals surface area contributed by atoms with Gasteiger partial charge in [0, 0.05) is 11.1 Å². The van der Waals surface area contributed by atoms with Crippen molar-refractivity contribution in [1.82, 2.24) is 9.55 Å². The van der Waals surface area contributed by atoms with E-state index in [-0.39, 0.29) is 47.3 Å². The van der Waals surface area contributed by atoms with Crippen LogP contribution in [0.25, 0.3) is 0 Å². The molecule has 4 rings (SSSR count). The largest absolute Gasteiger partial charge is 1.00 e. The van der Waals surface area contributed by atoms with Gasteiger partial charge in [-0.15, -0.1) is 0 Å². The summed E-state index contributed by atoms with van der Waals surface area (Å²) in [6.45, 7) is 2.74. The van der Waals surface area contributed by atoms with Crippen LogP contribution in [0.4, 0.5) is 13.2 Å². The number of fused-ring (bicyclic) bond motifs is 2. The van der Waals surface area contributed by atoms with Gasteiger partial charge in [0.2, 0.25) is 17.4 Å². The van der Waals surface area contributed by atoms with Crippen molar-refractivity contribution in [1.29, 1.82) is 0 Å². The standard InChI is InChI=1S/C19H19F3N3O3.HI/c1-25(8-10-28-11-9-25)7-6-24-15-14(23-18(24)19(20,21)22)16(26)12-4-2-3-5-13(12)17(15)27;/h2-5H,6-11H2,1H3;1H/q+1;/p-1. The van der Waals surface area contributed by atoms with Gasteiger partial charge in [0.25, 0.3) is 0 Å². The number of rotatable bonds is 3. The summed E-state index contributed by atoms with van der Waals surface area (Å²) in [7, 11) is 1.95. The molecule has 29 heavy (non-hydrogen) atoms. The number of imidazole rings is 1. The molecular formula is C19H19F3IN3O3. The molecule has 1 aromatic heterocycles. The number of hydrogen-bond donors (Lipinski definition) is 0. The van der Waals surface area contributed by atoms with Gasteiger partial charge in [-0.2, -0.15) is 13.2 Å². The van der Waals surface area contributed by atoms with Crippen LogP contribution in [0.15, 0.2) is 24.3 Å². The summed E-state index contributed by atoms with van der Waals surface area (Å²) in [4.78, 5) is 29.2.